The summed E-state index contributed by atoms with van der Waals surface area (Å²) in [5.41, 5.74) is 5.92. The molecule has 1 heterocycles. The Hall–Kier alpha value is -1.47. The molecule has 17 heavy (non-hydrogen) atoms. The number of rotatable bonds is 4. The summed E-state index contributed by atoms with van der Waals surface area (Å²) < 4.78 is 13.5. The quantitative estimate of drug-likeness (QED) is 0.863. The fourth-order valence-electron chi connectivity index (χ4n) is 1.14. The highest BCUT2D eigenvalue weighted by Gasteiger charge is 2.09. The fourth-order valence-corrected chi connectivity index (χ4v) is 2.79. The summed E-state index contributed by atoms with van der Waals surface area (Å²) >= 11 is 2.53. The van der Waals surface area contributed by atoms with Gasteiger partial charge in [0, 0.05) is 5.75 Å². The Labute approximate surface area is 105 Å². The van der Waals surface area contributed by atoms with Gasteiger partial charge in [0.15, 0.2) is 4.34 Å². The van der Waals surface area contributed by atoms with Gasteiger partial charge >= 0.3 is 0 Å². The number of hydrogen-bond acceptors (Lipinski definition) is 5. The smallest absolute Gasteiger partial charge is 0.279 e. The maximum atomic E-state index is 12.9. The van der Waals surface area contributed by atoms with Crippen LogP contribution < -0.4 is 5.73 Å². The van der Waals surface area contributed by atoms with Crippen LogP contribution in [0.1, 0.15) is 15.4 Å². The van der Waals surface area contributed by atoms with Crippen LogP contribution in [-0.4, -0.2) is 16.1 Å². The first kappa shape index (κ1) is 12.0. The van der Waals surface area contributed by atoms with Crippen molar-refractivity contribution in [1.29, 1.82) is 0 Å². The van der Waals surface area contributed by atoms with Gasteiger partial charge in [0.25, 0.3) is 5.91 Å². The lowest BCUT2D eigenvalue weighted by molar-refractivity contribution is 0.0999. The fraction of sp³-hybridized carbons (Fsp3) is 0.100. The monoisotopic (exact) mass is 269 g/mol. The van der Waals surface area contributed by atoms with Gasteiger partial charge in [-0.05, 0) is 17.7 Å². The first-order valence-electron chi connectivity index (χ1n) is 4.65. The third-order valence-electron chi connectivity index (χ3n) is 1.87. The molecule has 0 saturated heterocycles. The summed E-state index contributed by atoms with van der Waals surface area (Å²) in [7, 11) is 0. The summed E-state index contributed by atoms with van der Waals surface area (Å²) in [6.07, 6.45) is 0. The number of aromatic nitrogens is 2. The second-order valence-electron chi connectivity index (χ2n) is 3.16. The molecular weight excluding hydrogens is 261 g/mol. The third-order valence-corrected chi connectivity index (χ3v) is 4.01. The maximum absolute atomic E-state index is 12.9. The molecule has 4 nitrogen and oxygen atoms in total. The Bertz CT molecular complexity index is 544. The lowest BCUT2D eigenvalue weighted by Gasteiger charge is -1.97. The standard InChI is InChI=1S/C10H8FN3OS2/c11-7-3-1-2-6(4-7)5-16-10-14-13-9(17-10)8(12)15/h1-4H,5H2,(H2,12,15). The van der Waals surface area contributed by atoms with Crippen molar-refractivity contribution in [3.05, 3.63) is 40.7 Å². The van der Waals surface area contributed by atoms with Gasteiger partial charge < -0.3 is 5.73 Å². The summed E-state index contributed by atoms with van der Waals surface area (Å²) in [4.78, 5) is 10.8. The average molecular weight is 269 g/mol. The molecule has 0 spiro atoms. The van der Waals surface area contributed by atoms with Crippen molar-refractivity contribution in [3.8, 4) is 0 Å². The zero-order valence-corrected chi connectivity index (χ0v) is 10.2. The molecule has 0 bridgehead atoms. The second-order valence-corrected chi connectivity index (χ2v) is 5.36. The van der Waals surface area contributed by atoms with Crippen molar-refractivity contribution in [2.45, 2.75) is 10.1 Å². The molecule has 0 aliphatic rings. The van der Waals surface area contributed by atoms with E-state index in [9.17, 15) is 9.18 Å². The van der Waals surface area contributed by atoms with Crippen LogP contribution in [0.25, 0.3) is 0 Å². The number of nitrogens with zero attached hydrogens (tertiary/aromatic N) is 2. The number of nitrogens with two attached hydrogens (primary N) is 1. The van der Waals surface area contributed by atoms with E-state index in [2.05, 4.69) is 10.2 Å². The van der Waals surface area contributed by atoms with Crippen LogP contribution in [0.3, 0.4) is 0 Å². The number of halogens is 1. The Morgan fingerprint density at radius 3 is 2.94 bits per heavy atom. The highest BCUT2D eigenvalue weighted by molar-refractivity contribution is 8.00. The topological polar surface area (TPSA) is 68.9 Å². The molecule has 2 rings (SSSR count). The molecule has 2 N–H and O–H groups in total. The van der Waals surface area contributed by atoms with E-state index in [1.165, 1.54) is 23.9 Å². The van der Waals surface area contributed by atoms with Gasteiger partial charge in [-0.3, -0.25) is 4.79 Å². The van der Waals surface area contributed by atoms with Crippen LogP contribution in [0.5, 0.6) is 0 Å². The van der Waals surface area contributed by atoms with Crippen molar-refractivity contribution in [3.63, 3.8) is 0 Å². The van der Waals surface area contributed by atoms with Crippen molar-refractivity contribution < 1.29 is 9.18 Å². The third kappa shape index (κ3) is 3.24. The summed E-state index contributed by atoms with van der Waals surface area (Å²) in [5, 5.41) is 7.64. The molecule has 1 aromatic heterocycles. The molecule has 0 atom stereocenters. The Morgan fingerprint density at radius 2 is 2.29 bits per heavy atom. The number of amides is 1. The predicted octanol–water partition coefficient (Wildman–Crippen LogP) is 2.07. The van der Waals surface area contributed by atoms with Gasteiger partial charge in [0.05, 0.1) is 0 Å². The minimum Gasteiger partial charge on any atom is -0.363 e. The number of hydrogen-bond donors (Lipinski definition) is 1. The molecule has 88 valence electrons. The van der Waals surface area contributed by atoms with E-state index in [1.54, 1.807) is 6.07 Å². The van der Waals surface area contributed by atoms with Crippen molar-refractivity contribution in [2.75, 3.05) is 0 Å². The maximum Gasteiger partial charge on any atom is 0.279 e. The zero-order chi connectivity index (χ0) is 12.3. The van der Waals surface area contributed by atoms with E-state index in [-0.39, 0.29) is 10.8 Å². The lowest BCUT2D eigenvalue weighted by Crippen LogP contribution is -2.10. The highest BCUT2D eigenvalue weighted by Crippen LogP contribution is 2.25. The molecule has 7 heteroatoms. The first-order valence-corrected chi connectivity index (χ1v) is 6.46. The lowest BCUT2D eigenvalue weighted by atomic mass is 10.2. The average Bonchev–Trinajstić information content (AvgIpc) is 2.75. The molecule has 0 radical (unpaired) electrons. The SMILES string of the molecule is NC(=O)c1nnc(SCc2cccc(F)c2)s1. The number of carbonyl (C=O) groups excluding carboxylic acids is 1. The minimum absolute atomic E-state index is 0.187. The van der Waals surface area contributed by atoms with Gasteiger partial charge in [-0.2, -0.15) is 0 Å². The number of primary amides is 1. The van der Waals surface area contributed by atoms with Crippen LogP contribution in [0.15, 0.2) is 28.6 Å². The van der Waals surface area contributed by atoms with Crippen molar-refractivity contribution in [2.24, 2.45) is 5.73 Å². The van der Waals surface area contributed by atoms with Crippen LogP contribution in [0.2, 0.25) is 0 Å². The van der Waals surface area contributed by atoms with E-state index in [1.807, 2.05) is 6.07 Å². The predicted molar refractivity (Wildman–Crippen MR) is 64.4 cm³/mol. The van der Waals surface area contributed by atoms with Gasteiger partial charge in [0.1, 0.15) is 5.82 Å². The summed E-state index contributed by atoms with van der Waals surface area (Å²) in [6, 6.07) is 6.33. The van der Waals surface area contributed by atoms with Crippen LogP contribution in [0.4, 0.5) is 4.39 Å². The zero-order valence-electron chi connectivity index (χ0n) is 8.59. The first-order chi connectivity index (χ1) is 8.15. The number of thioether (sulfide) groups is 1. The Morgan fingerprint density at radius 1 is 1.47 bits per heavy atom. The summed E-state index contributed by atoms with van der Waals surface area (Å²) in [6.45, 7) is 0. The summed E-state index contributed by atoms with van der Waals surface area (Å²) in [5.74, 6) is -0.274. The van der Waals surface area contributed by atoms with Gasteiger partial charge in [-0.25, -0.2) is 4.39 Å². The van der Waals surface area contributed by atoms with Crippen LogP contribution in [0, 0.1) is 5.82 Å². The highest BCUT2D eigenvalue weighted by atomic mass is 32.2. The molecule has 0 aliphatic heterocycles. The van der Waals surface area contributed by atoms with Gasteiger partial charge in [-0.15, -0.1) is 10.2 Å². The van der Waals surface area contributed by atoms with Gasteiger partial charge in [-0.1, -0.05) is 35.2 Å². The van der Waals surface area contributed by atoms with Crippen LogP contribution in [-0.2, 0) is 5.75 Å². The van der Waals surface area contributed by atoms with Crippen LogP contribution >= 0.6 is 23.1 Å². The van der Waals surface area contributed by atoms with Gasteiger partial charge in [0.2, 0.25) is 5.01 Å². The molecule has 2 aromatic rings. The Balaban J connectivity index is 2.00. The largest absolute Gasteiger partial charge is 0.363 e. The second kappa shape index (κ2) is 5.24. The number of benzene rings is 1. The molecular formula is C10H8FN3OS2. The molecule has 0 fully saturated rings. The van der Waals surface area contributed by atoms with E-state index in [0.717, 1.165) is 16.9 Å². The molecule has 1 amide bonds. The van der Waals surface area contributed by atoms with E-state index in [0.29, 0.717) is 10.1 Å². The molecule has 0 saturated carbocycles. The molecule has 0 unspecified atom stereocenters. The van der Waals surface area contributed by atoms with E-state index >= 15 is 0 Å². The van der Waals surface area contributed by atoms with E-state index < -0.39 is 5.91 Å². The normalized spacial score (nSPS) is 10.4. The Kier molecular flexibility index (Phi) is 3.70. The molecule has 0 aliphatic carbocycles. The molecule has 1 aromatic carbocycles. The van der Waals surface area contributed by atoms with Crippen molar-refractivity contribution >= 4 is 29.0 Å². The van der Waals surface area contributed by atoms with E-state index in [4.69, 9.17) is 5.73 Å². The van der Waals surface area contributed by atoms with Crippen molar-refractivity contribution in [1.82, 2.24) is 10.2 Å². The minimum atomic E-state index is -0.583. The number of carbonyl (C=O) groups is 1.